The SMILES string of the molecule is O=C(NCCCCBr)c1cccc(F)c1Br. The summed E-state index contributed by atoms with van der Waals surface area (Å²) in [6.45, 7) is 0.605. The summed E-state index contributed by atoms with van der Waals surface area (Å²) in [4.78, 5) is 11.7. The first-order chi connectivity index (χ1) is 7.66. The average molecular weight is 353 g/mol. The summed E-state index contributed by atoms with van der Waals surface area (Å²) in [6, 6.07) is 4.42. The van der Waals surface area contributed by atoms with Gasteiger partial charge in [0.25, 0.3) is 5.91 Å². The van der Waals surface area contributed by atoms with E-state index >= 15 is 0 Å². The lowest BCUT2D eigenvalue weighted by Gasteiger charge is -2.06. The molecule has 1 rings (SSSR count). The highest BCUT2D eigenvalue weighted by molar-refractivity contribution is 9.10. The lowest BCUT2D eigenvalue weighted by atomic mass is 10.2. The normalized spacial score (nSPS) is 10.2. The summed E-state index contributed by atoms with van der Waals surface area (Å²) >= 11 is 6.37. The smallest absolute Gasteiger partial charge is 0.252 e. The molecule has 16 heavy (non-hydrogen) atoms. The standard InChI is InChI=1S/C11H12Br2FNO/c12-6-1-2-7-15-11(16)8-4-3-5-9(14)10(8)13/h3-5H,1-2,6-7H2,(H,15,16). The second-order valence-electron chi connectivity index (χ2n) is 3.25. The Hall–Kier alpha value is -0.420. The van der Waals surface area contributed by atoms with Crippen molar-refractivity contribution in [1.29, 1.82) is 0 Å². The molecule has 0 bridgehead atoms. The Kier molecular flexibility index (Phi) is 5.98. The zero-order chi connectivity index (χ0) is 12.0. The quantitative estimate of drug-likeness (QED) is 0.637. The summed E-state index contributed by atoms with van der Waals surface area (Å²) in [5, 5.41) is 3.67. The summed E-state index contributed by atoms with van der Waals surface area (Å²) < 4.78 is 13.4. The van der Waals surface area contributed by atoms with Crippen LogP contribution in [-0.4, -0.2) is 17.8 Å². The van der Waals surface area contributed by atoms with Crippen LogP contribution in [0.4, 0.5) is 4.39 Å². The van der Waals surface area contributed by atoms with E-state index in [9.17, 15) is 9.18 Å². The highest BCUT2D eigenvalue weighted by Gasteiger charge is 2.11. The molecule has 0 heterocycles. The van der Waals surface area contributed by atoms with Gasteiger partial charge in [0, 0.05) is 11.9 Å². The first kappa shape index (κ1) is 13.6. The molecule has 1 aromatic rings. The first-order valence-electron chi connectivity index (χ1n) is 4.95. The van der Waals surface area contributed by atoms with Crippen LogP contribution in [0.15, 0.2) is 22.7 Å². The molecular weight excluding hydrogens is 341 g/mol. The van der Waals surface area contributed by atoms with Crippen LogP contribution in [-0.2, 0) is 0 Å². The molecule has 0 aliphatic rings. The van der Waals surface area contributed by atoms with Gasteiger partial charge >= 0.3 is 0 Å². The van der Waals surface area contributed by atoms with E-state index in [-0.39, 0.29) is 10.4 Å². The first-order valence-corrected chi connectivity index (χ1v) is 6.86. The lowest BCUT2D eigenvalue weighted by molar-refractivity contribution is 0.0952. The summed E-state index contributed by atoms with van der Waals surface area (Å²) in [6.07, 6.45) is 1.91. The zero-order valence-corrected chi connectivity index (χ0v) is 11.8. The molecule has 88 valence electrons. The van der Waals surface area contributed by atoms with Gasteiger partial charge < -0.3 is 5.32 Å². The highest BCUT2D eigenvalue weighted by atomic mass is 79.9. The van der Waals surface area contributed by atoms with E-state index in [1.165, 1.54) is 12.1 Å². The fraction of sp³-hybridized carbons (Fsp3) is 0.364. The van der Waals surface area contributed by atoms with Crippen LogP contribution < -0.4 is 5.32 Å². The highest BCUT2D eigenvalue weighted by Crippen LogP contribution is 2.20. The van der Waals surface area contributed by atoms with Gasteiger partial charge in [-0.25, -0.2) is 4.39 Å². The van der Waals surface area contributed by atoms with Gasteiger partial charge in [-0.2, -0.15) is 0 Å². The molecule has 0 aliphatic carbocycles. The number of carbonyl (C=O) groups excluding carboxylic acids is 1. The van der Waals surface area contributed by atoms with E-state index in [4.69, 9.17) is 0 Å². The number of rotatable bonds is 5. The molecule has 1 amide bonds. The van der Waals surface area contributed by atoms with Crippen molar-refractivity contribution in [3.8, 4) is 0 Å². The van der Waals surface area contributed by atoms with Crippen molar-refractivity contribution in [2.45, 2.75) is 12.8 Å². The van der Waals surface area contributed by atoms with Crippen molar-refractivity contribution < 1.29 is 9.18 Å². The monoisotopic (exact) mass is 351 g/mol. The zero-order valence-electron chi connectivity index (χ0n) is 8.60. The second kappa shape index (κ2) is 7.01. The number of hydrogen-bond acceptors (Lipinski definition) is 1. The molecule has 0 radical (unpaired) electrons. The van der Waals surface area contributed by atoms with Gasteiger partial charge in [-0.05, 0) is 40.9 Å². The fourth-order valence-electron chi connectivity index (χ4n) is 1.20. The Balaban J connectivity index is 2.56. The predicted octanol–water partition coefficient (Wildman–Crippen LogP) is 3.49. The molecule has 0 aromatic heterocycles. The minimum atomic E-state index is -0.423. The molecule has 1 aromatic carbocycles. The van der Waals surface area contributed by atoms with Crippen molar-refractivity contribution in [2.75, 3.05) is 11.9 Å². The third-order valence-electron chi connectivity index (χ3n) is 2.04. The summed E-state index contributed by atoms with van der Waals surface area (Å²) in [5.74, 6) is -0.672. The predicted molar refractivity (Wildman–Crippen MR) is 69.5 cm³/mol. The van der Waals surface area contributed by atoms with Gasteiger partial charge in [0.15, 0.2) is 0 Å². The molecule has 0 spiro atoms. The van der Waals surface area contributed by atoms with Crippen LogP contribution in [0.3, 0.4) is 0 Å². The van der Waals surface area contributed by atoms with Crippen LogP contribution in [0.5, 0.6) is 0 Å². The van der Waals surface area contributed by atoms with Gasteiger partial charge in [0.1, 0.15) is 5.82 Å². The van der Waals surface area contributed by atoms with Crippen molar-refractivity contribution in [2.24, 2.45) is 0 Å². The third kappa shape index (κ3) is 3.87. The Bertz CT molecular complexity index is 371. The number of hydrogen-bond donors (Lipinski definition) is 1. The molecule has 0 saturated heterocycles. The maximum absolute atomic E-state index is 13.1. The number of unbranched alkanes of at least 4 members (excludes halogenated alkanes) is 1. The van der Waals surface area contributed by atoms with E-state index in [0.717, 1.165) is 18.2 Å². The summed E-state index contributed by atoms with van der Waals surface area (Å²) in [7, 11) is 0. The van der Waals surface area contributed by atoms with Crippen molar-refractivity contribution in [3.63, 3.8) is 0 Å². The van der Waals surface area contributed by atoms with Gasteiger partial charge in [0.05, 0.1) is 10.0 Å². The van der Waals surface area contributed by atoms with Crippen LogP contribution >= 0.6 is 31.9 Å². The maximum atomic E-state index is 13.1. The van der Waals surface area contributed by atoms with Crippen LogP contribution in [0.1, 0.15) is 23.2 Å². The molecule has 2 nitrogen and oxygen atoms in total. The van der Waals surface area contributed by atoms with Gasteiger partial charge in [0.2, 0.25) is 0 Å². The number of benzene rings is 1. The molecule has 0 saturated carbocycles. The molecule has 0 fully saturated rings. The van der Waals surface area contributed by atoms with Crippen molar-refractivity contribution in [1.82, 2.24) is 5.32 Å². The topological polar surface area (TPSA) is 29.1 Å². The molecule has 0 atom stereocenters. The summed E-state index contributed by atoms with van der Waals surface area (Å²) in [5.41, 5.74) is 0.332. The number of alkyl halides is 1. The maximum Gasteiger partial charge on any atom is 0.252 e. The minimum Gasteiger partial charge on any atom is -0.352 e. The number of halogens is 3. The lowest BCUT2D eigenvalue weighted by Crippen LogP contribution is -2.25. The Morgan fingerprint density at radius 2 is 2.12 bits per heavy atom. The largest absolute Gasteiger partial charge is 0.352 e. The number of carbonyl (C=O) groups is 1. The van der Waals surface area contributed by atoms with Crippen LogP contribution in [0.2, 0.25) is 0 Å². The van der Waals surface area contributed by atoms with Crippen LogP contribution in [0, 0.1) is 5.82 Å². The molecule has 1 N–H and O–H groups in total. The third-order valence-corrected chi connectivity index (χ3v) is 3.41. The van der Waals surface area contributed by atoms with E-state index < -0.39 is 5.82 Å². The molecule has 0 aliphatic heterocycles. The number of amides is 1. The Labute approximate surface area is 111 Å². The molecule has 0 unspecified atom stereocenters. The molecular formula is C11H12Br2FNO. The van der Waals surface area contributed by atoms with Gasteiger partial charge in [-0.3, -0.25) is 4.79 Å². The minimum absolute atomic E-state index is 0.216. The van der Waals surface area contributed by atoms with Gasteiger partial charge in [-0.15, -0.1) is 0 Å². The average Bonchev–Trinajstić information content (AvgIpc) is 2.28. The Morgan fingerprint density at radius 3 is 2.81 bits per heavy atom. The fourth-order valence-corrected chi connectivity index (χ4v) is 2.04. The number of nitrogens with one attached hydrogen (secondary N) is 1. The van der Waals surface area contributed by atoms with Crippen LogP contribution in [0.25, 0.3) is 0 Å². The Morgan fingerprint density at radius 1 is 1.38 bits per heavy atom. The van der Waals surface area contributed by atoms with Crippen molar-refractivity contribution in [3.05, 3.63) is 34.1 Å². The molecule has 5 heteroatoms. The van der Waals surface area contributed by atoms with E-state index in [2.05, 4.69) is 37.2 Å². The van der Waals surface area contributed by atoms with E-state index in [0.29, 0.717) is 12.1 Å². The van der Waals surface area contributed by atoms with Crippen molar-refractivity contribution >= 4 is 37.8 Å². The second-order valence-corrected chi connectivity index (χ2v) is 4.84. The van der Waals surface area contributed by atoms with Gasteiger partial charge in [-0.1, -0.05) is 22.0 Å². The van der Waals surface area contributed by atoms with E-state index in [1.54, 1.807) is 6.07 Å². The van der Waals surface area contributed by atoms with E-state index in [1.807, 2.05) is 0 Å².